The molecule has 2 aromatic carbocycles. The molecule has 3 rings (SSSR count). The first-order valence-electron chi connectivity index (χ1n) is 7.48. The summed E-state index contributed by atoms with van der Waals surface area (Å²) >= 11 is 0. The number of pyridine rings is 1. The van der Waals surface area contributed by atoms with Crippen LogP contribution in [0.3, 0.4) is 0 Å². The van der Waals surface area contributed by atoms with Crippen molar-refractivity contribution in [2.45, 2.75) is 27.3 Å². The maximum atomic E-state index is 12.7. The van der Waals surface area contributed by atoms with Crippen molar-refractivity contribution < 1.29 is 0 Å². The van der Waals surface area contributed by atoms with Crippen molar-refractivity contribution in [1.29, 1.82) is 0 Å². The maximum absolute atomic E-state index is 12.7. The van der Waals surface area contributed by atoms with Gasteiger partial charge < -0.3 is 10.3 Å². The van der Waals surface area contributed by atoms with Crippen LogP contribution in [0.4, 0.5) is 5.69 Å². The normalized spacial score (nSPS) is 10.9. The summed E-state index contributed by atoms with van der Waals surface area (Å²) in [4.78, 5) is 16.1. The molecular weight excluding hydrogens is 272 g/mol. The van der Waals surface area contributed by atoms with Gasteiger partial charge in [0.25, 0.3) is 0 Å². The Morgan fingerprint density at radius 2 is 1.82 bits per heavy atom. The van der Waals surface area contributed by atoms with Gasteiger partial charge in [-0.3, -0.25) is 4.79 Å². The predicted molar refractivity (Wildman–Crippen MR) is 92.5 cm³/mol. The van der Waals surface area contributed by atoms with E-state index >= 15 is 0 Å². The zero-order valence-electron chi connectivity index (χ0n) is 13.2. The molecule has 0 aliphatic heterocycles. The van der Waals surface area contributed by atoms with Gasteiger partial charge in [0, 0.05) is 28.9 Å². The Bertz CT molecular complexity index is 894. The number of nitrogens with one attached hydrogen (secondary N) is 2. The number of benzene rings is 2. The summed E-state index contributed by atoms with van der Waals surface area (Å²) in [6, 6.07) is 14.0. The largest absolute Gasteiger partial charge is 0.381 e. The summed E-state index contributed by atoms with van der Waals surface area (Å²) in [5, 5.41) is 4.10. The third-order valence-electron chi connectivity index (χ3n) is 4.04. The van der Waals surface area contributed by atoms with Gasteiger partial charge in [-0.25, -0.2) is 0 Å². The van der Waals surface area contributed by atoms with Crippen molar-refractivity contribution in [3.63, 3.8) is 0 Å². The molecule has 0 radical (unpaired) electrons. The van der Waals surface area contributed by atoms with Crippen molar-refractivity contribution in [2.24, 2.45) is 0 Å². The van der Waals surface area contributed by atoms with Crippen LogP contribution in [-0.2, 0) is 6.54 Å². The van der Waals surface area contributed by atoms with Crippen LogP contribution in [0.15, 0.2) is 47.3 Å². The molecule has 0 atom stereocenters. The Kier molecular flexibility index (Phi) is 3.72. The highest BCUT2D eigenvalue weighted by atomic mass is 16.1. The average Bonchev–Trinajstić information content (AvgIpc) is 2.48. The Hall–Kier alpha value is -2.55. The van der Waals surface area contributed by atoms with Crippen molar-refractivity contribution in [1.82, 2.24) is 4.98 Å². The summed E-state index contributed by atoms with van der Waals surface area (Å²) in [6.45, 7) is 6.56. The molecule has 0 bridgehead atoms. The lowest BCUT2D eigenvalue weighted by molar-refractivity contribution is 1.06. The van der Waals surface area contributed by atoms with E-state index in [1.165, 1.54) is 5.56 Å². The second-order valence-corrected chi connectivity index (χ2v) is 5.78. The van der Waals surface area contributed by atoms with Gasteiger partial charge in [-0.2, -0.15) is 0 Å². The Labute approximate surface area is 130 Å². The summed E-state index contributed by atoms with van der Waals surface area (Å²) < 4.78 is 0. The maximum Gasteiger partial charge on any atom is 0.194 e. The molecular formula is C19H20N2O. The molecule has 0 spiro atoms. The molecule has 0 unspecified atom stereocenters. The molecule has 112 valence electrons. The van der Waals surface area contributed by atoms with Crippen molar-refractivity contribution in [3.05, 3.63) is 75.1 Å². The molecule has 0 fully saturated rings. The zero-order valence-corrected chi connectivity index (χ0v) is 13.2. The van der Waals surface area contributed by atoms with Crippen LogP contribution in [0.5, 0.6) is 0 Å². The number of hydrogen-bond acceptors (Lipinski definition) is 2. The lowest BCUT2D eigenvalue weighted by Crippen LogP contribution is -2.17. The number of rotatable bonds is 3. The number of fused-ring (bicyclic) bond motifs is 1. The molecule has 22 heavy (non-hydrogen) atoms. The number of aromatic nitrogens is 1. The van der Waals surface area contributed by atoms with Gasteiger partial charge in [0.1, 0.15) is 0 Å². The number of para-hydroxylation sites is 1. The molecule has 0 saturated carbocycles. The van der Waals surface area contributed by atoms with Gasteiger partial charge in [0.2, 0.25) is 0 Å². The van der Waals surface area contributed by atoms with Crippen LogP contribution in [0.2, 0.25) is 0 Å². The number of aromatic amines is 1. The monoisotopic (exact) mass is 292 g/mol. The lowest BCUT2D eigenvalue weighted by Gasteiger charge is -2.11. The number of H-pyrrole nitrogens is 1. The van der Waals surface area contributed by atoms with Crippen molar-refractivity contribution in [2.75, 3.05) is 5.32 Å². The van der Waals surface area contributed by atoms with E-state index in [1.54, 1.807) is 0 Å². The molecule has 0 saturated heterocycles. The first-order valence-corrected chi connectivity index (χ1v) is 7.48. The molecule has 0 amide bonds. The van der Waals surface area contributed by atoms with Gasteiger partial charge in [-0.05, 0) is 50.1 Å². The van der Waals surface area contributed by atoms with E-state index in [2.05, 4.69) is 29.4 Å². The summed E-state index contributed by atoms with van der Waals surface area (Å²) in [5.41, 5.74) is 6.08. The molecule has 2 N–H and O–H groups in total. The summed E-state index contributed by atoms with van der Waals surface area (Å²) in [7, 11) is 0. The van der Waals surface area contributed by atoms with Crippen LogP contribution in [0.1, 0.15) is 22.4 Å². The van der Waals surface area contributed by atoms with Gasteiger partial charge in [-0.1, -0.05) is 24.3 Å². The lowest BCUT2D eigenvalue weighted by atomic mass is 10.1. The molecule has 1 aromatic heterocycles. The number of hydrogen-bond donors (Lipinski definition) is 2. The van der Waals surface area contributed by atoms with Gasteiger partial charge in [0.05, 0.1) is 5.52 Å². The van der Waals surface area contributed by atoms with E-state index in [-0.39, 0.29) is 5.43 Å². The minimum atomic E-state index is 0.107. The van der Waals surface area contributed by atoms with Crippen LogP contribution >= 0.6 is 0 Å². The first kappa shape index (κ1) is 14.4. The summed E-state index contributed by atoms with van der Waals surface area (Å²) in [6.07, 6.45) is 0. The van der Waals surface area contributed by atoms with Gasteiger partial charge in [-0.15, -0.1) is 0 Å². The molecule has 3 aromatic rings. The highest BCUT2D eigenvalue weighted by molar-refractivity contribution is 5.82. The van der Waals surface area contributed by atoms with E-state index in [1.807, 2.05) is 44.2 Å². The van der Waals surface area contributed by atoms with E-state index in [0.717, 1.165) is 33.4 Å². The highest BCUT2D eigenvalue weighted by Gasteiger charge is 2.10. The van der Waals surface area contributed by atoms with Crippen LogP contribution < -0.4 is 10.7 Å². The predicted octanol–water partition coefficient (Wildman–Crippen LogP) is 4.07. The molecule has 0 aliphatic carbocycles. The third kappa shape index (κ3) is 2.62. The first-order chi connectivity index (χ1) is 10.6. The third-order valence-corrected chi connectivity index (χ3v) is 4.04. The standard InChI is InChI=1S/C19H20N2O/c1-12-6-4-8-15(10-12)20-11-17-14(3)21-18-13(2)7-5-9-16(18)19(17)22/h4-10,20H,11H2,1-3H3,(H,21,22). The van der Waals surface area contributed by atoms with E-state index < -0.39 is 0 Å². The van der Waals surface area contributed by atoms with E-state index in [9.17, 15) is 4.79 Å². The zero-order chi connectivity index (χ0) is 15.7. The molecule has 3 heteroatoms. The van der Waals surface area contributed by atoms with E-state index in [4.69, 9.17) is 0 Å². The van der Waals surface area contributed by atoms with Crippen molar-refractivity contribution >= 4 is 16.6 Å². The van der Waals surface area contributed by atoms with Crippen LogP contribution in [0, 0.1) is 20.8 Å². The smallest absolute Gasteiger partial charge is 0.194 e. The minimum absolute atomic E-state index is 0.107. The van der Waals surface area contributed by atoms with Gasteiger partial charge >= 0.3 is 0 Å². The average molecular weight is 292 g/mol. The fourth-order valence-electron chi connectivity index (χ4n) is 2.78. The van der Waals surface area contributed by atoms with Gasteiger partial charge in [0.15, 0.2) is 5.43 Å². The Morgan fingerprint density at radius 1 is 1.05 bits per heavy atom. The Morgan fingerprint density at radius 3 is 2.59 bits per heavy atom. The molecule has 0 aliphatic rings. The fraction of sp³-hybridized carbons (Fsp3) is 0.211. The Balaban J connectivity index is 1.99. The quantitative estimate of drug-likeness (QED) is 0.764. The second-order valence-electron chi connectivity index (χ2n) is 5.78. The molecule has 3 nitrogen and oxygen atoms in total. The van der Waals surface area contributed by atoms with Crippen molar-refractivity contribution in [3.8, 4) is 0 Å². The second kappa shape index (κ2) is 5.68. The molecule has 1 heterocycles. The van der Waals surface area contributed by atoms with Crippen LogP contribution in [0.25, 0.3) is 10.9 Å². The number of anilines is 1. The van der Waals surface area contributed by atoms with Crippen LogP contribution in [-0.4, -0.2) is 4.98 Å². The summed E-state index contributed by atoms with van der Waals surface area (Å²) in [5.74, 6) is 0. The number of aryl methyl sites for hydroxylation is 3. The topological polar surface area (TPSA) is 44.9 Å². The van der Waals surface area contributed by atoms with E-state index in [0.29, 0.717) is 6.54 Å². The highest BCUT2D eigenvalue weighted by Crippen LogP contribution is 2.16. The SMILES string of the molecule is Cc1cccc(NCc2c(C)[nH]c3c(C)cccc3c2=O)c1. The minimum Gasteiger partial charge on any atom is -0.381 e. The fourth-order valence-corrected chi connectivity index (χ4v) is 2.78.